The normalized spacial score (nSPS) is 12.5. The van der Waals surface area contributed by atoms with Crippen LogP contribution in [0.2, 0.25) is 0 Å². The molecule has 57 heavy (non-hydrogen) atoms. The van der Waals surface area contributed by atoms with Crippen molar-refractivity contribution in [2.75, 3.05) is 4.90 Å². The highest BCUT2D eigenvalue weighted by molar-refractivity contribution is 7.26. The molecule has 0 aliphatic heterocycles. The van der Waals surface area contributed by atoms with Gasteiger partial charge in [0.25, 0.3) is 0 Å². The number of thiophene rings is 1. The molecule has 0 radical (unpaired) electrons. The van der Waals surface area contributed by atoms with Crippen LogP contribution in [0.4, 0.5) is 17.1 Å². The minimum absolute atomic E-state index is 0.173. The molecule has 0 spiro atoms. The van der Waals surface area contributed by atoms with Crippen LogP contribution in [0.3, 0.4) is 0 Å². The Balaban J connectivity index is 1.12. The third-order valence-corrected chi connectivity index (χ3v) is 13.2. The molecular formula is C55H35NS. The van der Waals surface area contributed by atoms with Gasteiger partial charge in [0.15, 0.2) is 0 Å². The Hall–Kier alpha value is -7.00. The largest absolute Gasteiger partial charge is 0.310 e. The second kappa shape index (κ2) is 12.8. The van der Waals surface area contributed by atoms with Gasteiger partial charge in [0.1, 0.15) is 0 Å². The number of anilines is 3. The molecule has 11 aromatic rings. The first-order valence-electron chi connectivity index (χ1n) is 19.7. The van der Waals surface area contributed by atoms with Crippen molar-refractivity contribution in [2.45, 2.75) is 5.92 Å². The molecule has 0 saturated heterocycles. The van der Waals surface area contributed by atoms with Crippen LogP contribution in [0.15, 0.2) is 206 Å². The molecule has 0 bridgehead atoms. The van der Waals surface area contributed by atoms with Crippen LogP contribution in [0.1, 0.15) is 22.6 Å². The Bertz CT molecular complexity index is 3310. The fourth-order valence-electron chi connectivity index (χ4n) is 9.59. The molecule has 1 aromatic heterocycles. The number of rotatable bonds is 5. The Kier molecular flexibility index (Phi) is 7.23. The standard InChI is InChI=1S/C55H35NS/c1-2-14-35(15-3-1)37-26-29-39(30-27-37)56(40-31-28-36-16-4-5-17-38(36)32-40)50-34-52-55(48-25-13-9-21-44(48)50)54-47-24-12-8-20-43(47)49(33-51(54)57-52)53-45-22-10-6-18-41(45)42-19-7-11-23-46(42)53/h1-34,53H. The summed E-state index contributed by atoms with van der Waals surface area (Å²) in [6.07, 6.45) is 0. The summed E-state index contributed by atoms with van der Waals surface area (Å²) in [4.78, 5) is 2.46. The molecule has 1 aliphatic rings. The lowest BCUT2D eigenvalue weighted by Gasteiger charge is -2.28. The molecule has 1 heterocycles. The molecule has 1 aliphatic carbocycles. The topological polar surface area (TPSA) is 3.24 Å². The monoisotopic (exact) mass is 741 g/mol. The van der Waals surface area contributed by atoms with Gasteiger partial charge in [0.05, 0.1) is 5.69 Å². The maximum absolute atomic E-state index is 2.52. The van der Waals surface area contributed by atoms with E-state index in [-0.39, 0.29) is 5.92 Å². The molecule has 10 aromatic carbocycles. The van der Waals surface area contributed by atoms with Crippen molar-refractivity contribution in [1.82, 2.24) is 0 Å². The van der Waals surface area contributed by atoms with Crippen LogP contribution in [0.25, 0.3) is 74.7 Å². The number of nitrogens with zero attached hydrogens (tertiary/aromatic N) is 1. The van der Waals surface area contributed by atoms with E-state index in [1.54, 1.807) is 0 Å². The summed E-state index contributed by atoms with van der Waals surface area (Å²) in [7, 11) is 0. The van der Waals surface area contributed by atoms with Crippen molar-refractivity contribution in [3.63, 3.8) is 0 Å². The molecule has 266 valence electrons. The fourth-order valence-corrected chi connectivity index (χ4v) is 10.8. The molecule has 12 rings (SSSR count). The van der Waals surface area contributed by atoms with Gasteiger partial charge >= 0.3 is 0 Å². The highest BCUT2D eigenvalue weighted by Gasteiger charge is 2.31. The van der Waals surface area contributed by atoms with Gasteiger partial charge in [-0.05, 0) is 102 Å². The number of hydrogen-bond acceptors (Lipinski definition) is 2. The summed E-state index contributed by atoms with van der Waals surface area (Å²) in [5.41, 5.74) is 12.7. The molecule has 2 heteroatoms. The lowest BCUT2D eigenvalue weighted by Crippen LogP contribution is -2.10. The second-order valence-electron chi connectivity index (χ2n) is 15.2. The van der Waals surface area contributed by atoms with Gasteiger partial charge in [-0.2, -0.15) is 0 Å². The second-order valence-corrected chi connectivity index (χ2v) is 16.3. The van der Waals surface area contributed by atoms with Crippen molar-refractivity contribution in [3.05, 3.63) is 223 Å². The van der Waals surface area contributed by atoms with Crippen LogP contribution in [-0.4, -0.2) is 0 Å². The van der Waals surface area contributed by atoms with E-state index in [9.17, 15) is 0 Å². The Morgan fingerprint density at radius 2 is 0.877 bits per heavy atom. The number of hydrogen-bond donors (Lipinski definition) is 0. The highest BCUT2D eigenvalue weighted by Crippen LogP contribution is 2.53. The molecule has 0 unspecified atom stereocenters. The maximum Gasteiger partial charge on any atom is 0.0554 e. The summed E-state index contributed by atoms with van der Waals surface area (Å²) < 4.78 is 2.62. The average molecular weight is 742 g/mol. The molecular weight excluding hydrogens is 707 g/mol. The Labute approximate surface area is 335 Å². The summed E-state index contributed by atoms with van der Waals surface area (Å²) in [6, 6.07) is 76.3. The predicted octanol–water partition coefficient (Wildman–Crippen LogP) is 15.8. The SMILES string of the molecule is c1ccc(-c2ccc(N(c3ccc4ccccc4c3)c3cc4sc5cc(C6c7ccccc7-c7ccccc76)c6ccccc6c5c4c4ccccc34)cc2)cc1. The lowest BCUT2D eigenvalue weighted by atomic mass is 9.85. The van der Waals surface area contributed by atoms with Gasteiger partial charge in [-0.25, -0.2) is 0 Å². The molecule has 0 fully saturated rings. The zero-order valence-corrected chi connectivity index (χ0v) is 31.9. The van der Waals surface area contributed by atoms with E-state index in [4.69, 9.17) is 0 Å². The van der Waals surface area contributed by atoms with Gasteiger partial charge in [-0.1, -0.05) is 170 Å². The number of fused-ring (bicyclic) bond motifs is 11. The molecule has 0 saturated carbocycles. The summed E-state index contributed by atoms with van der Waals surface area (Å²) >= 11 is 1.92. The third-order valence-electron chi connectivity index (χ3n) is 12.1. The zero-order valence-electron chi connectivity index (χ0n) is 31.1. The van der Waals surface area contributed by atoms with Crippen molar-refractivity contribution >= 4 is 80.9 Å². The quantitative estimate of drug-likeness (QED) is 0.170. The molecule has 0 N–H and O–H groups in total. The molecule has 1 nitrogen and oxygen atoms in total. The average Bonchev–Trinajstić information content (AvgIpc) is 3.83. The van der Waals surface area contributed by atoms with E-state index < -0.39 is 0 Å². The van der Waals surface area contributed by atoms with E-state index in [1.807, 2.05) is 11.3 Å². The predicted molar refractivity (Wildman–Crippen MR) is 245 cm³/mol. The van der Waals surface area contributed by atoms with Gasteiger partial charge in [0.2, 0.25) is 0 Å². The van der Waals surface area contributed by atoms with Crippen LogP contribution >= 0.6 is 11.3 Å². The Morgan fingerprint density at radius 3 is 1.60 bits per heavy atom. The van der Waals surface area contributed by atoms with Crippen LogP contribution in [0.5, 0.6) is 0 Å². The first-order valence-corrected chi connectivity index (χ1v) is 20.5. The maximum atomic E-state index is 2.52. The van der Waals surface area contributed by atoms with Crippen molar-refractivity contribution < 1.29 is 0 Å². The van der Waals surface area contributed by atoms with Crippen molar-refractivity contribution in [1.29, 1.82) is 0 Å². The van der Waals surface area contributed by atoms with Crippen molar-refractivity contribution in [3.8, 4) is 22.3 Å². The summed E-state index contributed by atoms with van der Waals surface area (Å²) in [6.45, 7) is 0. The number of benzene rings is 10. The molecule has 0 amide bonds. The van der Waals surface area contributed by atoms with Gasteiger partial charge in [0, 0.05) is 42.9 Å². The smallest absolute Gasteiger partial charge is 0.0554 e. The van der Waals surface area contributed by atoms with E-state index in [2.05, 4.69) is 211 Å². The van der Waals surface area contributed by atoms with Crippen LogP contribution < -0.4 is 4.90 Å². The molecule has 0 atom stereocenters. The minimum Gasteiger partial charge on any atom is -0.310 e. The summed E-state index contributed by atoms with van der Waals surface area (Å²) in [5, 5.41) is 10.3. The van der Waals surface area contributed by atoms with E-state index in [0.29, 0.717) is 0 Å². The van der Waals surface area contributed by atoms with Gasteiger partial charge in [-0.3, -0.25) is 0 Å². The van der Waals surface area contributed by atoms with E-state index >= 15 is 0 Å². The van der Waals surface area contributed by atoms with Crippen LogP contribution in [-0.2, 0) is 0 Å². The zero-order chi connectivity index (χ0) is 37.5. The van der Waals surface area contributed by atoms with Crippen LogP contribution in [0, 0.1) is 0 Å². The Morgan fingerprint density at radius 1 is 0.351 bits per heavy atom. The fraction of sp³-hybridized carbons (Fsp3) is 0.0182. The first-order chi connectivity index (χ1) is 28.3. The first kappa shape index (κ1) is 32.3. The van der Waals surface area contributed by atoms with Crippen molar-refractivity contribution in [2.24, 2.45) is 0 Å². The third kappa shape index (κ3) is 5.01. The summed E-state index contributed by atoms with van der Waals surface area (Å²) in [5.74, 6) is 0.173. The lowest BCUT2D eigenvalue weighted by molar-refractivity contribution is 1.03. The highest BCUT2D eigenvalue weighted by atomic mass is 32.1. The van der Waals surface area contributed by atoms with E-state index in [0.717, 1.165) is 11.4 Å². The van der Waals surface area contributed by atoms with E-state index in [1.165, 1.54) is 97.1 Å². The van der Waals surface area contributed by atoms with Gasteiger partial charge in [-0.15, -0.1) is 11.3 Å². The van der Waals surface area contributed by atoms with Gasteiger partial charge < -0.3 is 4.90 Å². The minimum atomic E-state index is 0.173.